The Hall–Kier alpha value is -1.27. The number of nitrogens with two attached hydrogens (primary N) is 2. The molecule has 0 aliphatic carbocycles. The van der Waals surface area contributed by atoms with Crippen LogP contribution in [0.25, 0.3) is 0 Å². The van der Waals surface area contributed by atoms with Crippen LogP contribution in [0, 0.1) is 0 Å². The van der Waals surface area contributed by atoms with Crippen LogP contribution in [0.4, 0.5) is 11.4 Å². The standard InChI is InChI=1S/C8H12N2O3S/c1-5(14(11,12)13)7-4-6(9)2-3-8(7)10/h2-5H,9-10H2,1H3,(H,11,12,13). The summed E-state index contributed by atoms with van der Waals surface area (Å²) in [6.07, 6.45) is 0. The zero-order valence-electron chi connectivity index (χ0n) is 7.64. The normalized spacial score (nSPS) is 13.9. The number of nitrogen functional groups attached to an aromatic ring is 2. The van der Waals surface area contributed by atoms with Crippen LogP contribution in [0.5, 0.6) is 0 Å². The molecule has 1 aromatic carbocycles. The average Bonchev–Trinajstić information content (AvgIpc) is 2.06. The van der Waals surface area contributed by atoms with E-state index in [9.17, 15) is 8.42 Å². The maximum absolute atomic E-state index is 10.9. The third-order valence-corrected chi connectivity index (χ3v) is 3.14. The van der Waals surface area contributed by atoms with Gasteiger partial charge in [0.25, 0.3) is 10.1 Å². The largest absolute Gasteiger partial charge is 0.399 e. The van der Waals surface area contributed by atoms with Crippen molar-refractivity contribution in [2.45, 2.75) is 12.2 Å². The summed E-state index contributed by atoms with van der Waals surface area (Å²) in [6, 6.07) is 4.51. The van der Waals surface area contributed by atoms with Crippen LogP contribution in [0.15, 0.2) is 18.2 Å². The van der Waals surface area contributed by atoms with E-state index in [1.54, 1.807) is 6.07 Å². The van der Waals surface area contributed by atoms with Gasteiger partial charge in [-0.2, -0.15) is 8.42 Å². The zero-order chi connectivity index (χ0) is 10.9. The first-order chi connectivity index (χ1) is 6.32. The topological polar surface area (TPSA) is 106 Å². The third-order valence-electron chi connectivity index (χ3n) is 2.00. The second-order valence-corrected chi connectivity index (χ2v) is 4.78. The molecule has 0 heterocycles. The van der Waals surface area contributed by atoms with E-state index < -0.39 is 15.4 Å². The van der Waals surface area contributed by atoms with E-state index >= 15 is 0 Å². The number of hydrogen-bond acceptors (Lipinski definition) is 4. The van der Waals surface area contributed by atoms with Gasteiger partial charge in [0, 0.05) is 11.4 Å². The lowest BCUT2D eigenvalue weighted by atomic mass is 10.1. The fourth-order valence-electron chi connectivity index (χ4n) is 1.11. The average molecular weight is 216 g/mol. The minimum atomic E-state index is -4.13. The van der Waals surface area contributed by atoms with E-state index in [4.69, 9.17) is 16.0 Å². The van der Waals surface area contributed by atoms with Crippen molar-refractivity contribution in [1.29, 1.82) is 0 Å². The molecule has 1 atom stereocenters. The van der Waals surface area contributed by atoms with Crippen molar-refractivity contribution in [1.82, 2.24) is 0 Å². The molecule has 0 bridgehead atoms. The summed E-state index contributed by atoms with van der Waals surface area (Å²) in [5.74, 6) is 0. The molecule has 1 aromatic rings. The van der Waals surface area contributed by atoms with Crippen molar-refractivity contribution in [2.24, 2.45) is 0 Å². The predicted molar refractivity (Wildman–Crippen MR) is 55.2 cm³/mol. The Morgan fingerprint density at radius 3 is 2.43 bits per heavy atom. The van der Waals surface area contributed by atoms with Gasteiger partial charge in [-0.1, -0.05) is 0 Å². The SMILES string of the molecule is CC(c1cc(N)ccc1N)S(=O)(=O)O. The highest BCUT2D eigenvalue weighted by molar-refractivity contribution is 7.86. The van der Waals surface area contributed by atoms with Gasteiger partial charge in [0.05, 0.1) is 0 Å². The summed E-state index contributed by atoms with van der Waals surface area (Å²) in [5.41, 5.74) is 12.0. The molecule has 0 saturated heterocycles. The van der Waals surface area contributed by atoms with Crippen LogP contribution < -0.4 is 11.5 Å². The predicted octanol–water partition coefficient (Wildman–Crippen LogP) is 0.800. The van der Waals surface area contributed by atoms with Gasteiger partial charge in [0.2, 0.25) is 0 Å². The van der Waals surface area contributed by atoms with Crippen molar-refractivity contribution < 1.29 is 13.0 Å². The molecule has 0 aliphatic heterocycles. The molecule has 0 amide bonds. The number of anilines is 2. The Labute approximate surface area is 82.5 Å². The highest BCUT2D eigenvalue weighted by Gasteiger charge is 2.21. The monoisotopic (exact) mass is 216 g/mol. The van der Waals surface area contributed by atoms with Crippen molar-refractivity contribution in [3.63, 3.8) is 0 Å². The molecule has 14 heavy (non-hydrogen) atoms. The summed E-state index contributed by atoms with van der Waals surface area (Å²) in [7, 11) is -4.13. The second-order valence-electron chi connectivity index (χ2n) is 3.05. The van der Waals surface area contributed by atoms with Gasteiger partial charge in [0.1, 0.15) is 5.25 Å². The zero-order valence-corrected chi connectivity index (χ0v) is 8.45. The number of hydrogen-bond donors (Lipinski definition) is 3. The van der Waals surface area contributed by atoms with E-state index in [-0.39, 0.29) is 0 Å². The lowest BCUT2D eigenvalue weighted by molar-refractivity contribution is 0.472. The lowest BCUT2D eigenvalue weighted by Crippen LogP contribution is -2.10. The van der Waals surface area contributed by atoms with Gasteiger partial charge in [-0.15, -0.1) is 0 Å². The third kappa shape index (κ3) is 2.15. The first kappa shape index (κ1) is 10.8. The van der Waals surface area contributed by atoms with E-state index in [1.165, 1.54) is 19.1 Å². The Bertz CT molecular complexity index is 442. The van der Waals surface area contributed by atoms with Crippen LogP contribution >= 0.6 is 0 Å². The molecule has 0 radical (unpaired) electrons. The van der Waals surface area contributed by atoms with Crippen molar-refractivity contribution in [3.8, 4) is 0 Å². The highest BCUT2D eigenvalue weighted by Crippen LogP contribution is 2.27. The Morgan fingerprint density at radius 2 is 1.93 bits per heavy atom. The van der Waals surface area contributed by atoms with Gasteiger partial charge >= 0.3 is 0 Å². The summed E-state index contributed by atoms with van der Waals surface area (Å²) < 4.78 is 30.5. The Balaban J connectivity index is 3.26. The Kier molecular flexibility index (Phi) is 2.68. The highest BCUT2D eigenvalue weighted by atomic mass is 32.2. The van der Waals surface area contributed by atoms with E-state index in [1.807, 2.05) is 0 Å². The van der Waals surface area contributed by atoms with E-state index in [2.05, 4.69) is 0 Å². The van der Waals surface area contributed by atoms with Gasteiger partial charge in [-0.3, -0.25) is 4.55 Å². The quantitative estimate of drug-likeness (QED) is 0.500. The first-order valence-corrected chi connectivity index (χ1v) is 5.44. The molecule has 5 N–H and O–H groups in total. The maximum atomic E-state index is 10.9. The van der Waals surface area contributed by atoms with Crippen molar-refractivity contribution >= 4 is 21.5 Å². The number of benzene rings is 1. The molecule has 0 saturated carbocycles. The summed E-state index contributed by atoms with van der Waals surface area (Å²) in [5, 5.41) is -1.06. The van der Waals surface area contributed by atoms with Crippen LogP contribution in [-0.4, -0.2) is 13.0 Å². The fraction of sp³-hybridized carbons (Fsp3) is 0.250. The summed E-state index contributed by atoms with van der Waals surface area (Å²) >= 11 is 0. The van der Waals surface area contributed by atoms with Crippen LogP contribution in [-0.2, 0) is 10.1 Å². The van der Waals surface area contributed by atoms with Crippen LogP contribution in [0.1, 0.15) is 17.7 Å². The molecule has 1 unspecified atom stereocenters. The van der Waals surface area contributed by atoms with Crippen molar-refractivity contribution in [2.75, 3.05) is 11.5 Å². The molecular weight excluding hydrogens is 204 g/mol. The fourth-order valence-corrected chi connectivity index (χ4v) is 1.63. The van der Waals surface area contributed by atoms with Gasteiger partial charge < -0.3 is 11.5 Å². The lowest BCUT2D eigenvalue weighted by Gasteiger charge is -2.11. The molecule has 1 rings (SSSR count). The molecular formula is C8H12N2O3S. The van der Waals surface area contributed by atoms with Gasteiger partial charge in [-0.25, -0.2) is 0 Å². The molecule has 78 valence electrons. The number of rotatable bonds is 2. The minimum Gasteiger partial charge on any atom is -0.399 e. The second kappa shape index (κ2) is 3.47. The molecule has 5 nitrogen and oxygen atoms in total. The van der Waals surface area contributed by atoms with Gasteiger partial charge in [0.15, 0.2) is 0 Å². The summed E-state index contributed by atoms with van der Waals surface area (Å²) in [4.78, 5) is 0. The molecule has 6 heteroatoms. The molecule has 0 aliphatic rings. The molecule has 0 spiro atoms. The minimum absolute atomic E-state index is 0.296. The van der Waals surface area contributed by atoms with Crippen molar-refractivity contribution in [3.05, 3.63) is 23.8 Å². The smallest absolute Gasteiger partial charge is 0.271 e. The van der Waals surface area contributed by atoms with E-state index in [0.29, 0.717) is 16.9 Å². The van der Waals surface area contributed by atoms with Crippen LogP contribution in [0.3, 0.4) is 0 Å². The van der Waals surface area contributed by atoms with Gasteiger partial charge in [-0.05, 0) is 30.7 Å². The first-order valence-electron chi connectivity index (χ1n) is 3.93. The maximum Gasteiger partial charge on any atom is 0.271 e. The van der Waals surface area contributed by atoms with Crippen LogP contribution in [0.2, 0.25) is 0 Å². The summed E-state index contributed by atoms with van der Waals surface area (Å²) in [6.45, 7) is 1.35. The molecule has 0 aromatic heterocycles. The Morgan fingerprint density at radius 1 is 1.36 bits per heavy atom. The van der Waals surface area contributed by atoms with E-state index in [0.717, 1.165) is 0 Å². The molecule has 0 fully saturated rings.